The van der Waals surface area contributed by atoms with Crippen molar-refractivity contribution in [3.63, 3.8) is 0 Å². The molecular weight excluding hydrogens is 462 g/mol. The minimum atomic E-state index is -4.03. The van der Waals surface area contributed by atoms with E-state index in [1.54, 1.807) is 0 Å². The number of rotatable bonds is 11. The lowest BCUT2D eigenvalue weighted by molar-refractivity contribution is 0.472. The fraction of sp³-hybridized carbons (Fsp3) is 0.407. The van der Waals surface area contributed by atoms with E-state index in [9.17, 15) is 13.0 Å². The van der Waals surface area contributed by atoms with Crippen LogP contribution in [0, 0.1) is 0 Å². The standard InChI is InChI=1S/C27H33N3O4S/c1-3-5-11-20-19-28-27(29-22(20)13-6-4-2)21-12-9-15-24-26(21)34-25-16-8-7-14-23(25)30(24)17-10-18-35(31,32)33/h7-9,12,14-16,19H,3-6,10-11,13,17-18H2,1-2H3,(H,31,32,33). The van der Waals surface area contributed by atoms with E-state index in [-0.39, 0.29) is 12.2 Å². The maximum atomic E-state index is 11.3. The third-order valence-corrected chi connectivity index (χ3v) is 7.00. The maximum Gasteiger partial charge on any atom is 0.264 e. The summed E-state index contributed by atoms with van der Waals surface area (Å²) in [6.07, 6.45) is 8.56. The second kappa shape index (κ2) is 11.2. The summed E-state index contributed by atoms with van der Waals surface area (Å²) in [6.45, 7) is 4.78. The number of hydrogen-bond donors (Lipinski definition) is 1. The molecular formula is C27H33N3O4S. The molecule has 1 aromatic heterocycles. The number of para-hydroxylation sites is 3. The Balaban J connectivity index is 1.74. The Kier molecular flexibility index (Phi) is 8.03. The first kappa shape index (κ1) is 25.1. The van der Waals surface area contributed by atoms with Crippen LogP contribution < -0.4 is 9.64 Å². The first-order chi connectivity index (χ1) is 16.9. The average Bonchev–Trinajstić information content (AvgIpc) is 2.85. The van der Waals surface area contributed by atoms with Gasteiger partial charge in [0, 0.05) is 18.4 Å². The Bertz CT molecular complexity index is 1280. The molecule has 1 aliphatic heterocycles. The van der Waals surface area contributed by atoms with Crippen LogP contribution in [0.5, 0.6) is 11.5 Å². The lowest BCUT2D eigenvalue weighted by Gasteiger charge is -2.33. The van der Waals surface area contributed by atoms with E-state index in [1.807, 2.05) is 53.6 Å². The molecule has 0 saturated heterocycles. The quantitative estimate of drug-likeness (QED) is 0.310. The molecule has 4 rings (SSSR count). The molecule has 0 bridgehead atoms. The molecule has 3 aromatic rings. The molecule has 35 heavy (non-hydrogen) atoms. The van der Waals surface area contributed by atoms with Crippen LogP contribution in [0.1, 0.15) is 57.2 Å². The molecule has 2 heterocycles. The second-order valence-corrected chi connectivity index (χ2v) is 10.5. The third kappa shape index (κ3) is 6.00. The summed E-state index contributed by atoms with van der Waals surface area (Å²) in [7, 11) is -4.03. The Hall–Kier alpha value is -2.97. The predicted molar refractivity (Wildman–Crippen MR) is 139 cm³/mol. The molecule has 1 N–H and O–H groups in total. The molecule has 8 heteroatoms. The summed E-state index contributed by atoms with van der Waals surface area (Å²) in [5.41, 5.74) is 4.80. The lowest BCUT2D eigenvalue weighted by atomic mass is 10.0. The molecule has 1 aliphatic rings. The van der Waals surface area contributed by atoms with Gasteiger partial charge >= 0.3 is 0 Å². The van der Waals surface area contributed by atoms with Gasteiger partial charge in [-0.25, -0.2) is 9.97 Å². The fourth-order valence-corrected chi connectivity index (χ4v) is 4.88. The smallest absolute Gasteiger partial charge is 0.264 e. The van der Waals surface area contributed by atoms with E-state index >= 15 is 0 Å². The van der Waals surface area contributed by atoms with E-state index in [0.717, 1.165) is 61.2 Å². The molecule has 0 atom stereocenters. The molecule has 186 valence electrons. The van der Waals surface area contributed by atoms with Gasteiger partial charge in [0.1, 0.15) is 0 Å². The zero-order valence-electron chi connectivity index (χ0n) is 20.4. The molecule has 0 saturated carbocycles. The summed E-state index contributed by atoms with van der Waals surface area (Å²) >= 11 is 0. The Labute approximate surface area is 207 Å². The summed E-state index contributed by atoms with van der Waals surface area (Å²) in [5.74, 6) is 1.67. The van der Waals surface area contributed by atoms with Gasteiger partial charge in [0.2, 0.25) is 0 Å². The molecule has 0 radical (unpaired) electrons. The number of unbranched alkanes of at least 4 members (excludes halogenated alkanes) is 2. The van der Waals surface area contributed by atoms with E-state index in [4.69, 9.17) is 14.7 Å². The van der Waals surface area contributed by atoms with Crippen molar-refractivity contribution < 1.29 is 17.7 Å². The second-order valence-electron chi connectivity index (χ2n) is 8.89. The van der Waals surface area contributed by atoms with Crippen molar-refractivity contribution in [1.82, 2.24) is 9.97 Å². The molecule has 0 unspecified atom stereocenters. The molecule has 0 aliphatic carbocycles. The number of ether oxygens (including phenoxy) is 1. The summed E-state index contributed by atoms with van der Waals surface area (Å²) < 4.78 is 38.2. The Morgan fingerprint density at radius 1 is 0.943 bits per heavy atom. The monoisotopic (exact) mass is 495 g/mol. The third-order valence-electron chi connectivity index (χ3n) is 6.20. The number of aryl methyl sites for hydroxylation is 2. The highest BCUT2D eigenvalue weighted by atomic mass is 32.2. The minimum absolute atomic E-state index is 0.278. The first-order valence-corrected chi connectivity index (χ1v) is 14.0. The van der Waals surface area contributed by atoms with Crippen molar-refractivity contribution in [3.8, 4) is 22.9 Å². The molecule has 0 fully saturated rings. The van der Waals surface area contributed by atoms with Gasteiger partial charge in [-0.15, -0.1) is 0 Å². The summed E-state index contributed by atoms with van der Waals surface area (Å²) in [4.78, 5) is 11.8. The van der Waals surface area contributed by atoms with E-state index in [2.05, 4.69) is 13.8 Å². The van der Waals surface area contributed by atoms with Crippen LogP contribution in [-0.2, 0) is 23.0 Å². The van der Waals surface area contributed by atoms with Gasteiger partial charge in [-0.2, -0.15) is 8.42 Å². The normalized spacial score (nSPS) is 12.7. The maximum absolute atomic E-state index is 11.3. The number of fused-ring (bicyclic) bond motifs is 2. The van der Waals surface area contributed by atoms with Crippen molar-refractivity contribution in [2.45, 2.75) is 58.8 Å². The van der Waals surface area contributed by atoms with Crippen molar-refractivity contribution >= 4 is 21.5 Å². The zero-order valence-corrected chi connectivity index (χ0v) is 21.2. The molecule has 0 amide bonds. The Morgan fingerprint density at radius 2 is 1.69 bits per heavy atom. The highest BCUT2D eigenvalue weighted by Gasteiger charge is 2.27. The lowest BCUT2D eigenvalue weighted by Crippen LogP contribution is -2.24. The summed E-state index contributed by atoms with van der Waals surface area (Å²) in [5, 5.41) is 0. The number of hydrogen-bond acceptors (Lipinski definition) is 6. The van der Waals surface area contributed by atoms with Crippen LogP contribution in [0.25, 0.3) is 11.4 Å². The molecule has 2 aromatic carbocycles. The minimum Gasteiger partial charge on any atom is -0.452 e. The van der Waals surface area contributed by atoms with Crippen LogP contribution in [0.4, 0.5) is 11.4 Å². The molecule has 7 nitrogen and oxygen atoms in total. The molecule has 0 spiro atoms. The van der Waals surface area contributed by atoms with Gasteiger partial charge < -0.3 is 9.64 Å². The topological polar surface area (TPSA) is 92.6 Å². The predicted octanol–water partition coefficient (Wildman–Crippen LogP) is 6.35. The van der Waals surface area contributed by atoms with Crippen molar-refractivity contribution in [1.29, 1.82) is 0 Å². The number of aromatic nitrogens is 2. The largest absolute Gasteiger partial charge is 0.452 e. The highest BCUT2D eigenvalue weighted by molar-refractivity contribution is 7.85. The number of anilines is 2. The SMILES string of the molecule is CCCCc1cnc(-c2cccc3c2Oc2ccccc2N3CCCS(=O)(=O)O)nc1CCCC. The van der Waals surface area contributed by atoms with E-state index in [0.29, 0.717) is 23.9 Å². The fourth-order valence-electron chi connectivity index (χ4n) is 4.38. The van der Waals surface area contributed by atoms with Gasteiger partial charge in [-0.3, -0.25) is 4.55 Å². The first-order valence-electron chi connectivity index (χ1n) is 12.4. The average molecular weight is 496 g/mol. The van der Waals surface area contributed by atoms with Crippen LogP contribution in [0.2, 0.25) is 0 Å². The van der Waals surface area contributed by atoms with Crippen molar-refractivity contribution in [2.24, 2.45) is 0 Å². The van der Waals surface area contributed by atoms with Crippen molar-refractivity contribution in [2.75, 3.05) is 17.2 Å². The highest BCUT2D eigenvalue weighted by Crippen LogP contribution is 2.50. The van der Waals surface area contributed by atoms with E-state index in [1.165, 1.54) is 5.56 Å². The van der Waals surface area contributed by atoms with Gasteiger partial charge in [-0.05, 0) is 61.9 Å². The summed E-state index contributed by atoms with van der Waals surface area (Å²) in [6, 6.07) is 13.5. The van der Waals surface area contributed by atoms with Gasteiger partial charge in [0.15, 0.2) is 17.3 Å². The van der Waals surface area contributed by atoms with Crippen LogP contribution in [0.3, 0.4) is 0 Å². The van der Waals surface area contributed by atoms with Crippen LogP contribution >= 0.6 is 0 Å². The zero-order chi connectivity index (χ0) is 24.8. The number of nitrogens with zero attached hydrogens (tertiary/aromatic N) is 3. The van der Waals surface area contributed by atoms with Crippen LogP contribution in [0.15, 0.2) is 48.7 Å². The Morgan fingerprint density at radius 3 is 2.46 bits per heavy atom. The van der Waals surface area contributed by atoms with E-state index < -0.39 is 10.1 Å². The van der Waals surface area contributed by atoms with Gasteiger partial charge in [0.25, 0.3) is 10.1 Å². The number of benzene rings is 2. The van der Waals surface area contributed by atoms with Crippen LogP contribution in [-0.4, -0.2) is 35.2 Å². The van der Waals surface area contributed by atoms with Crippen molar-refractivity contribution in [3.05, 3.63) is 59.9 Å². The van der Waals surface area contributed by atoms with Gasteiger partial charge in [0.05, 0.1) is 22.7 Å². The van der Waals surface area contributed by atoms with Gasteiger partial charge in [-0.1, -0.05) is 44.9 Å².